The molecule has 5 heteroatoms. The molecule has 0 heterocycles. The van der Waals surface area contributed by atoms with Gasteiger partial charge in [-0.25, -0.2) is 9.59 Å². The average Bonchev–Trinajstić information content (AvgIpc) is 2.38. The fourth-order valence-electron chi connectivity index (χ4n) is 1.49. The second-order valence-electron chi connectivity index (χ2n) is 3.87. The van der Waals surface area contributed by atoms with Gasteiger partial charge in [-0.3, -0.25) is 0 Å². The van der Waals surface area contributed by atoms with E-state index in [9.17, 15) is 9.59 Å². The second kappa shape index (κ2) is 8.14. The lowest BCUT2D eigenvalue weighted by molar-refractivity contribution is 0.0462. The molecule has 104 valence electrons. The average molecular weight is 376 g/mol. The standard InChI is InChI=1S/C14H17IO4/c1-3-5-9-19-14(17)12-10(13(16)18-4-2)7-6-8-11(12)15/h6-8H,3-5,9H2,1-2H3. The van der Waals surface area contributed by atoms with E-state index in [0.29, 0.717) is 10.2 Å². The third-order valence-corrected chi connectivity index (χ3v) is 3.34. The molecule has 0 radical (unpaired) electrons. The Morgan fingerprint density at radius 2 is 1.89 bits per heavy atom. The Labute approximate surface area is 126 Å². The highest BCUT2D eigenvalue weighted by molar-refractivity contribution is 14.1. The van der Waals surface area contributed by atoms with Crippen molar-refractivity contribution in [3.05, 3.63) is 32.9 Å². The molecule has 0 amide bonds. The summed E-state index contributed by atoms with van der Waals surface area (Å²) in [5.41, 5.74) is 0.549. The molecule has 19 heavy (non-hydrogen) atoms. The quantitative estimate of drug-likeness (QED) is 0.434. The molecule has 0 saturated carbocycles. The Bertz CT molecular complexity index is 457. The molecule has 0 N–H and O–H groups in total. The minimum Gasteiger partial charge on any atom is -0.462 e. The van der Waals surface area contributed by atoms with Gasteiger partial charge in [-0.15, -0.1) is 0 Å². The summed E-state index contributed by atoms with van der Waals surface area (Å²) in [5, 5.41) is 0. The number of esters is 2. The number of rotatable bonds is 6. The SMILES string of the molecule is CCCCOC(=O)c1c(I)cccc1C(=O)OCC. The Hall–Kier alpha value is -1.11. The van der Waals surface area contributed by atoms with Crippen molar-refractivity contribution in [3.63, 3.8) is 0 Å². The van der Waals surface area contributed by atoms with E-state index in [0.717, 1.165) is 12.8 Å². The lowest BCUT2D eigenvalue weighted by Gasteiger charge is -2.10. The van der Waals surface area contributed by atoms with Crippen LogP contribution in [0.3, 0.4) is 0 Å². The molecule has 0 saturated heterocycles. The van der Waals surface area contributed by atoms with E-state index in [1.807, 2.05) is 29.5 Å². The molecule has 1 aromatic carbocycles. The van der Waals surface area contributed by atoms with Crippen LogP contribution in [0.2, 0.25) is 0 Å². The minimum absolute atomic E-state index is 0.259. The van der Waals surface area contributed by atoms with Crippen LogP contribution in [-0.4, -0.2) is 25.2 Å². The zero-order chi connectivity index (χ0) is 14.3. The fourth-order valence-corrected chi connectivity index (χ4v) is 2.21. The maximum Gasteiger partial charge on any atom is 0.340 e. The van der Waals surface area contributed by atoms with E-state index >= 15 is 0 Å². The van der Waals surface area contributed by atoms with Gasteiger partial charge >= 0.3 is 11.9 Å². The van der Waals surface area contributed by atoms with Crippen molar-refractivity contribution in [2.45, 2.75) is 26.7 Å². The lowest BCUT2D eigenvalue weighted by Crippen LogP contribution is -2.16. The Balaban J connectivity index is 2.97. The van der Waals surface area contributed by atoms with Gasteiger partial charge in [0.15, 0.2) is 0 Å². The molecule has 1 aromatic rings. The first-order valence-electron chi connectivity index (χ1n) is 6.24. The van der Waals surface area contributed by atoms with Gasteiger partial charge in [0.2, 0.25) is 0 Å². The molecule has 0 bridgehead atoms. The zero-order valence-electron chi connectivity index (χ0n) is 11.1. The number of hydrogen-bond acceptors (Lipinski definition) is 4. The minimum atomic E-state index is -0.497. The van der Waals surface area contributed by atoms with E-state index in [2.05, 4.69) is 0 Å². The number of carbonyl (C=O) groups excluding carboxylic acids is 2. The summed E-state index contributed by atoms with van der Waals surface area (Å²) in [6.07, 6.45) is 1.76. The van der Waals surface area contributed by atoms with Crippen LogP contribution >= 0.6 is 22.6 Å². The monoisotopic (exact) mass is 376 g/mol. The highest BCUT2D eigenvalue weighted by atomic mass is 127. The lowest BCUT2D eigenvalue weighted by atomic mass is 10.1. The van der Waals surface area contributed by atoms with E-state index in [1.165, 1.54) is 0 Å². The molecule has 0 aliphatic heterocycles. The summed E-state index contributed by atoms with van der Waals surface area (Å²) in [5.74, 6) is -0.968. The summed E-state index contributed by atoms with van der Waals surface area (Å²) >= 11 is 2.02. The van der Waals surface area contributed by atoms with Crippen molar-refractivity contribution in [2.75, 3.05) is 13.2 Å². The second-order valence-corrected chi connectivity index (χ2v) is 5.03. The molecule has 0 atom stereocenters. The van der Waals surface area contributed by atoms with Crippen LogP contribution in [0.1, 0.15) is 47.4 Å². The van der Waals surface area contributed by atoms with E-state index < -0.39 is 11.9 Å². The van der Waals surface area contributed by atoms with E-state index in [4.69, 9.17) is 9.47 Å². The Morgan fingerprint density at radius 3 is 2.53 bits per heavy atom. The van der Waals surface area contributed by atoms with Gasteiger partial charge in [-0.1, -0.05) is 19.4 Å². The number of halogens is 1. The number of carbonyl (C=O) groups is 2. The molecular weight excluding hydrogens is 359 g/mol. The predicted molar refractivity (Wildman–Crippen MR) is 80.3 cm³/mol. The molecule has 0 spiro atoms. The molecule has 0 aliphatic rings. The number of benzene rings is 1. The number of unbranched alkanes of at least 4 members (excludes halogenated alkanes) is 1. The molecule has 1 rings (SSSR count). The van der Waals surface area contributed by atoms with Gasteiger partial charge in [0.25, 0.3) is 0 Å². The number of hydrogen-bond donors (Lipinski definition) is 0. The first kappa shape index (κ1) is 15.9. The summed E-state index contributed by atoms with van der Waals surface area (Å²) in [7, 11) is 0. The molecule has 4 nitrogen and oxygen atoms in total. The zero-order valence-corrected chi connectivity index (χ0v) is 13.2. The van der Waals surface area contributed by atoms with Crippen molar-refractivity contribution >= 4 is 34.5 Å². The van der Waals surface area contributed by atoms with Crippen LogP contribution in [0.4, 0.5) is 0 Å². The molecule has 0 fully saturated rings. The summed E-state index contributed by atoms with van der Waals surface area (Å²) in [6, 6.07) is 5.06. The molecular formula is C14H17IO4. The Morgan fingerprint density at radius 1 is 1.16 bits per heavy atom. The van der Waals surface area contributed by atoms with Crippen LogP contribution in [0.15, 0.2) is 18.2 Å². The van der Waals surface area contributed by atoms with Gasteiger partial charge in [0.05, 0.1) is 24.3 Å². The summed E-state index contributed by atoms with van der Waals surface area (Å²) < 4.78 is 10.8. The largest absolute Gasteiger partial charge is 0.462 e. The predicted octanol–water partition coefficient (Wildman–Crippen LogP) is 3.42. The summed E-state index contributed by atoms with van der Waals surface area (Å²) in [6.45, 7) is 4.38. The molecule has 0 aromatic heterocycles. The fraction of sp³-hybridized carbons (Fsp3) is 0.429. The molecule has 0 unspecified atom stereocenters. The highest BCUT2D eigenvalue weighted by Gasteiger charge is 2.21. The van der Waals surface area contributed by atoms with Crippen molar-refractivity contribution in [1.82, 2.24) is 0 Å². The van der Waals surface area contributed by atoms with Gasteiger partial charge in [-0.05, 0) is 48.1 Å². The third kappa shape index (κ3) is 4.49. The van der Waals surface area contributed by atoms with Gasteiger partial charge in [-0.2, -0.15) is 0 Å². The van der Waals surface area contributed by atoms with Gasteiger partial charge in [0.1, 0.15) is 0 Å². The third-order valence-electron chi connectivity index (χ3n) is 2.44. The smallest absolute Gasteiger partial charge is 0.340 e. The topological polar surface area (TPSA) is 52.6 Å². The van der Waals surface area contributed by atoms with E-state index in [-0.39, 0.29) is 17.7 Å². The Kier molecular flexibility index (Phi) is 6.83. The number of ether oxygens (including phenoxy) is 2. The maximum atomic E-state index is 12.0. The van der Waals surface area contributed by atoms with E-state index in [1.54, 1.807) is 25.1 Å². The molecule has 0 aliphatic carbocycles. The van der Waals surface area contributed by atoms with Crippen LogP contribution in [0, 0.1) is 3.57 Å². The van der Waals surface area contributed by atoms with Crippen molar-refractivity contribution < 1.29 is 19.1 Å². The van der Waals surface area contributed by atoms with Crippen LogP contribution in [-0.2, 0) is 9.47 Å². The van der Waals surface area contributed by atoms with Gasteiger partial charge in [0, 0.05) is 3.57 Å². The first-order chi connectivity index (χ1) is 9.11. The normalized spacial score (nSPS) is 10.1. The van der Waals surface area contributed by atoms with Crippen LogP contribution in [0.5, 0.6) is 0 Å². The van der Waals surface area contributed by atoms with Crippen molar-refractivity contribution in [3.8, 4) is 0 Å². The highest BCUT2D eigenvalue weighted by Crippen LogP contribution is 2.19. The summed E-state index contributed by atoms with van der Waals surface area (Å²) in [4.78, 5) is 23.9. The maximum absolute atomic E-state index is 12.0. The van der Waals surface area contributed by atoms with Crippen LogP contribution in [0.25, 0.3) is 0 Å². The first-order valence-corrected chi connectivity index (χ1v) is 7.32. The van der Waals surface area contributed by atoms with Crippen molar-refractivity contribution in [1.29, 1.82) is 0 Å². The van der Waals surface area contributed by atoms with Crippen LogP contribution < -0.4 is 0 Å². The van der Waals surface area contributed by atoms with Crippen molar-refractivity contribution in [2.24, 2.45) is 0 Å². The van der Waals surface area contributed by atoms with Gasteiger partial charge < -0.3 is 9.47 Å².